The molecule has 9 heteroatoms. The fraction of sp³-hybridized carbons (Fsp3) is 0.238. The molecule has 2 aromatic rings. The first-order valence-corrected chi connectivity index (χ1v) is 9.15. The fourth-order valence-electron chi connectivity index (χ4n) is 2.74. The standard InChI is InChI=1S/C21H21NO8/c23-10-11-27-16-7-4-14(5-8-16)17(2-1-3-20(24)25)30-21(26)22-15-6-9-18-19(12-15)29-13-28-18/h1,3-9,12,17,23H,2,10-11,13H2,(H,22,26)(H,24,25)/b3-1+/t17-/m1/s1. The van der Waals surface area contributed by atoms with Gasteiger partial charge in [0.15, 0.2) is 11.5 Å². The summed E-state index contributed by atoms with van der Waals surface area (Å²) in [6.45, 7) is 0.186. The Balaban J connectivity index is 1.68. The number of carbonyl (C=O) groups is 2. The summed E-state index contributed by atoms with van der Waals surface area (Å²) in [6, 6.07) is 11.7. The fourth-order valence-corrected chi connectivity index (χ4v) is 2.74. The second-order valence-corrected chi connectivity index (χ2v) is 6.20. The Hall–Kier alpha value is -3.72. The molecule has 0 aromatic heterocycles. The molecular formula is C21H21NO8. The molecule has 0 bridgehead atoms. The second-order valence-electron chi connectivity index (χ2n) is 6.20. The minimum absolute atomic E-state index is 0.104. The Morgan fingerprint density at radius 1 is 1.13 bits per heavy atom. The highest BCUT2D eigenvalue weighted by Gasteiger charge is 2.18. The van der Waals surface area contributed by atoms with Gasteiger partial charge in [-0.3, -0.25) is 5.32 Å². The maximum atomic E-state index is 12.4. The van der Waals surface area contributed by atoms with Crippen LogP contribution < -0.4 is 19.5 Å². The molecule has 0 spiro atoms. The van der Waals surface area contributed by atoms with Gasteiger partial charge in [-0.05, 0) is 29.8 Å². The predicted octanol–water partition coefficient (Wildman–Crippen LogP) is 3.11. The number of nitrogens with one attached hydrogen (secondary N) is 1. The van der Waals surface area contributed by atoms with Gasteiger partial charge in [-0.15, -0.1) is 0 Å². The molecular weight excluding hydrogens is 394 g/mol. The van der Waals surface area contributed by atoms with E-state index < -0.39 is 18.2 Å². The maximum Gasteiger partial charge on any atom is 0.412 e. The summed E-state index contributed by atoms with van der Waals surface area (Å²) in [4.78, 5) is 23.2. The van der Waals surface area contributed by atoms with Crippen molar-refractivity contribution in [3.8, 4) is 17.2 Å². The van der Waals surface area contributed by atoms with Gasteiger partial charge in [-0.1, -0.05) is 18.2 Å². The van der Waals surface area contributed by atoms with Crippen LogP contribution in [0.4, 0.5) is 10.5 Å². The van der Waals surface area contributed by atoms with Gasteiger partial charge in [0.2, 0.25) is 6.79 Å². The third-order valence-corrected chi connectivity index (χ3v) is 4.09. The highest BCUT2D eigenvalue weighted by atomic mass is 16.7. The lowest BCUT2D eigenvalue weighted by Crippen LogP contribution is -2.17. The second kappa shape index (κ2) is 10.2. The number of aliphatic hydroxyl groups is 1. The maximum absolute atomic E-state index is 12.4. The lowest BCUT2D eigenvalue weighted by atomic mass is 10.1. The first-order chi connectivity index (χ1) is 14.5. The SMILES string of the molecule is O=C(O)/C=C/C[C@@H](OC(=O)Nc1ccc2c(c1)OCO2)c1ccc(OCCO)cc1. The van der Waals surface area contributed by atoms with E-state index in [0.29, 0.717) is 28.5 Å². The summed E-state index contributed by atoms with van der Waals surface area (Å²) in [5.41, 5.74) is 1.12. The topological polar surface area (TPSA) is 124 Å². The Bertz CT molecular complexity index is 910. The van der Waals surface area contributed by atoms with Gasteiger partial charge in [-0.25, -0.2) is 9.59 Å². The van der Waals surface area contributed by atoms with E-state index in [9.17, 15) is 9.59 Å². The average Bonchev–Trinajstić information content (AvgIpc) is 3.19. The van der Waals surface area contributed by atoms with Gasteiger partial charge in [0.05, 0.1) is 6.61 Å². The van der Waals surface area contributed by atoms with Crippen LogP contribution in [0.3, 0.4) is 0 Å². The Kier molecular flexibility index (Phi) is 7.12. The van der Waals surface area contributed by atoms with Crippen LogP contribution in [-0.4, -0.2) is 42.3 Å². The molecule has 0 unspecified atom stereocenters. The quantitative estimate of drug-likeness (QED) is 0.534. The molecule has 1 amide bonds. The van der Waals surface area contributed by atoms with Crippen molar-refractivity contribution in [3.63, 3.8) is 0 Å². The van der Waals surface area contributed by atoms with E-state index in [1.807, 2.05) is 0 Å². The van der Waals surface area contributed by atoms with Crippen molar-refractivity contribution in [2.24, 2.45) is 0 Å². The molecule has 1 aliphatic heterocycles. The van der Waals surface area contributed by atoms with Crippen LogP contribution in [0.1, 0.15) is 18.1 Å². The van der Waals surface area contributed by atoms with Gasteiger partial charge < -0.3 is 29.2 Å². The molecule has 9 nitrogen and oxygen atoms in total. The normalized spacial score (nSPS) is 13.1. The zero-order valence-electron chi connectivity index (χ0n) is 15.9. The number of aliphatic hydroxyl groups excluding tert-OH is 1. The van der Waals surface area contributed by atoms with Crippen LogP contribution in [0.25, 0.3) is 0 Å². The molecule has 0 radical (unpaired) electrons. The summed E-state index contributed by atoms with van der Waals surface area (Å²) in [5.74, 6) is 0.574. The monoisotopic (exact) mass is 415 g/mol. The Morgan fingerprint density at radius 3 is 2.63 bits per heavy atom. The molecule has 0 aliphatic carbocycles. The molecule has 0 saturated carbocycles. The molecule has 1 aliphatic rings. The zero-order chi connectivity index (χ0) is 21.3. The number of benzene rings is 2. The van der Waals surface area contributed by atoms with Crippen LogP contribution in [0.2, 0.25) is 0 Å². The highest BCUT2D eigenvalue weighted by Crippen LogP contribution is 2.34. The number of anilines is 1. The summed E-state index contributed by atoms with van der Waals surface area (Å²) in [6.07, 6.45) is 1.14. The summed E-state index contributed by atoms with van der Waals surface area (Å²) >= 11 is 0. The van der Waals surface area contributed by atoms with Gasteiger partial charge in [0.25, 0.3) is 0 Å². The number of carbonyl (C=O) groups excluding carboxylic acids is 1. The number of rotatable bonds is 9. The van der Waals surface area contributed by atoms with Gasteiger partial charge in [0.1, 0.15) is 18.5 Å². The van der Waals surface area contributed by atoms with E-state index >= 15 is 0 Å². The van der Waals surface area contributed by atoms with Crippen LogP contribution >= 0.6 is 0 Å². The largest absolute Gasteiger partial charge is 0.491 e. The number of amides is 1. The van der Waals surface area contributed by atoms with Crippen LogP contribution in [0.5, 0.6) is 17.2 Å². The molecule has 3 rings (SSSR count). The highest BCUT2D eigenvalue weighted by molar-refractivity contribution is 5.85. The third-order valence-electron chi connectivity index (χ3n) is 4.09. The van der Waals surface area contributed by atoms with Crippen molar-refractivity contribution < 1.29 is 38.7 Å². The third kappa shape index (κ3) is 5.89. The minimum Gasteiger partial charge on any atom is -0.491 e. The van der Waals surface area contributed by atoms with Gasteiger partial charge in [-0.2, -0.15) is 0 Å². The van der Waals surface area contributed by atoms with Crippen molar-refractivity contribution in [1.82, 2.24) is 0 Å². The van der Waals surface area contributed by atoms with E-state index in [-0.39, 0.29) is 26.4 Å². The molecule has 1 heterocycles. The van der Waals surface area contributed by atoms with Crippen molar-refractivity contribution in [2.75, 3.05) is 25.3 Å². The number of hydrogen-bond acceptors (Lipinski definition) is 7. The van der Waals surface area contributed by atoms with Gasteiger partial charge in [0, 0.05) is 24.3 Å². The molecule has 0 fully saturated rings. The number of ether oxygens (including phenoxy) is 4. The lowest BCUT2D eigenvalue weighted by Gasteiger charge is -2.18. The predicted molar refractivity (Wildman–Crippen MR) is 106 cm³/mol. The summed E-state index contributed by atoms with van der Waals surface area (Å²) < 4.78 is 21.3. The van der Waals surface area contributed by atoms with Crippen molar-refractivity contribution in [3.05, 3.63) is 60.2 Å². The lowest BCUT2D eigenvalue weighted by molar-refractivity contribution is -0.131. The van der Waals surface area contributed by atoms with E-state index in [0.717, 1.165) is 6.08 Å². The Labute approximate surface area is 172 Å². The summed E-state index contributed by atoms with van der Waals surface area (Å²) in [7, 11) is 0. The molecule has 0 saturated heterocycles. The average molecular weight is 415 g/mol. The van der Waals surface area contributed by atoms with Crippen molar-refractivity contribution in [2.45, 2.75) is 12.5 Å². The zero-order valence-corrected chi connectivity index (χ0v) is 15.9. The summed E-state index contributed by atoms with van der Waals surface area (Å²) in [5, 5.41) is 20.2. The molecule has 1 atom stereocenters. The first kappa shape index (κ1) is 21.0. The molecule has 158 valence electrons. The molecule has 2 aromatic carbocycles. The number of carboxylic acids is 1. The van der Waals surface area contributed by atoms with E-state index in [4.69, 9.17) is 29.2 Å². The van der Waals surface area contributed by atoms with Gasteiger partial charge >= 0.3 is 12.1 Å². The number of carboxylic acid groups (broad SMARTS) is 1. The molecule has 30 heavy (non-hydrogen) atoms. The van der Waals surface area contributed by atoms with Crippen molar-refractivity contribution >= 4 is 17.7 Å². The number of fused-ring (bicyclic) bond motifs is 1. The van der Waals surface area contributed by atoms with Crippen LogP contribution in [-0.2, 0) is 9.53 Å². The minimum atomic E-state index is -1.09. The van der Waals surface area contributed by atoms with Crippen LogP contribution in [0, 0.1) is 0 Å². The number of hydrogen-bond donors (Lipinski definition) is 3. The molecule has 3 N–H and O–H groups in total. The van der Waals surface area contributed by atoms with E-state index in [1.165, 1.54) is 6.08 Å². The Morgan fingerprint density at radius 2 is 1.90 bits per heavy atom. The number of aliphatic carboxylic acids is 1. The first-order valence-electron chi connectivity index (χ1n) is 9.15. The van der Waals surface area contributed by atoms with Crippen molar-refractivity contribution in [1.29, 1.82) is 0 Å². The smallest absolute Gasteiger partial charge is 0.412 e. The van der Waals surface area contributed by atoms with E-state index in [1.54, 1.807) is 42.5 Å². The van der Waals surface area contributed by atoms with E-state index in [2.05, 4.69) is 5.32 Å². The van der Waals surface area contributed by atoms with Crippen LogP contribution in [0.15, 0.2) is 54.6 Å².